The van der Waals surface area contributed by atoms with E-state index >= 15 is 0 Å². The van der Waals surface area contributed by atoms with E-state index in [1.807, 2.05) is 12.1 Å². The predicted octanol–water partition coefficient (Wildman–Crippen LogP) is 2.30. The van der Waals surface area contributed by atoms with Gasteiger partial charge in [-0.25, -0.2) is 0 Å². The number of nitrogens with one attached hydrogen (secondary N) is 1. The molecule has 1 aromatic heterocycles. The van der Waals surface area contributed by atoms with Gasteiger partial charge < -0.3 is 4.98 Å². The molecule has 22 heavy (non-hydrogen) atoms. The van der Waals surface area contributed by atoms with E-state index in [0.717, 1.165) is 24.8 Å². The first-order chi connectivity index (χ1) is 10.6. The Morgan fingerprint density at radius 3 is 2.32 bits per heavy atom. The zero-order chi connectivity index (χ0) is 15.2. The first kappa shape index (κ1) is 14.2. The number of piperidine rings is 1. The fourth-order valence-corrected chi connectivity index (χ4v) is 5.11. The topological polar surface area (TPSA) is 56.4 Å². The van der Waals surface area contributed by atoms with Crippen LogP contribution in [-0.2, 0) is 10.2 Å². The highest BCUT2D eigenvalue weighted by Crippen LogP contribution is 2.31. The molecule has 0 atom stereocenters. The van der Waals surface area contributed by atoms with Gasteiger partial charge in [-0.3, -0.25) is 0 Å². The second-order valence-electron chi connectivity index (χ2n) is 6.25. The van der Waals surface area contributed by atoms with Crippen LogP contribution in [0.2, 0.25) is 0 Å². The number of H-pyrrole nitrogens is 1. The van der Waals surface area contributed by atoms with E-state index in [1.165, 1.54) is 11.1 Å². The lowest BCUT2D eigenvalue weighted by molar-refractivity contribution is 0.249. The van der Waals surface area contributed by atoms with Crippen molar-refractivity contribution in [2.75, 3.05) is 26.2 Å². The molecule has 118 valence electrons. The molecule has 4 rings (SSSR count). The van der Waals surface area contributed by atoms with Crippen LogP contribution < -0.4 is 0 Å². The van der Waals surface area contributed by atoms with Gasteiger partial charge in [-0.2, -0.15) is 17.0 Å². The summed E-state index contributed by atoms with van der Waals surface area (Å²) in [7, 11) is -3.20. The summed E-state index contributed by atoms with van der Waals surface area (Å²) in [5.74, 6) is 0.426. The number of aromatic nitrogens is 1. The zero-order valence-corrected chi connectivity index (χ0v) is 13.3. The zero-order valence-electron chi connectivity index (χ0n) is 12.5. The second-order valence-corrected chi connectivity index (χ2v) is 8.17. The molecule has 0 radical (unpaired) electrons. The Labute approximate surface area is 131 Å². The van der Waals surface area contributed by atoms with Crippen molar-refractivity contribution in [3.8, 4) is 0 Å². The number of para-hydroxylation sites is 1. The van der Waals surface area contributed by atoms with Gasteiger partial charge in [-0.1, -0.05) is 18.2 Å². The lowest BCUT2D eigenvalue weighted by Crippen LogP contribution is -2.51. The highest BCUT2D eigenvalue weighted by Gasteiger charge is 2.36. The minimum absolute atomic E-state index is 0.426. The van der Waals surface area contributed by atoms with Crippen LogP contribution in [0, 0.1) is 0 Å². The molecule has 5 nitrogen and oxygen atoms in total. The second kappa shape index (κ2) is 5.37. The highest BCUT2D eigenvalue weighted by atomic mass is 32.2. The summed E-state index contributed by atoms with van der Waals surface area (Å²) >= 11 is 0. The van der Waals surface area contributed by atoms with Crippen LogP contribution in [0.4, 0.5) is 0 Å². The molecule has 0 aliphatic carbocycles. The van der Waals surface area contributed by atoms with Crippen molar-refractivity contribution in [1.82, 2.24) is 13.6 Å². The molecular weight excluding hydrogens is 298 g/mol. The Hall–Kier alpha value is -1.37. The predicted molar refractivity (Wildman–Crippen MR) is 87.0 cm³/mol. The minimum atomic E-state index is -3.20. The van der Waals surface area contributed by atoms with Crippen LogP contribution >= 0.6 is 0 Å². The molecule has 0 saturated carbocycles. The third-order valence-corrected chi connectivity index (χ3v) is 6.95. The molecule has 0 bridgehead atoms. The molecule has 2 saturated heterocycles. The summed E-state index contributed by atoms with van der Waals surface area (Å²) in [6, 6.07) is 10.5. The minimum Gasteiger partial charge on any atom is -0.358 e. The van der Waals surface area contributed by atoms with Crippen LogP contribution in [0.5, 0.6) is 0 Å². The van der Waals surface area contributed by atoms with Gasteiger partial charge in [-0.05, 0) is 36.8 Å². The van der Waals surface area contributed by atoms with Gasteiger partial charge in [-0.15, -0.1) is 0 Å². The molecule has 3 heterocycles. The Morgan fingerprint density at radius 1 is 1.00 bits per heavy atom. The van der Waals surface area contributed by atoms with E-state index < -0.39 is 10.2 Å². The van der Waals surface area contributed by atoms with Crippen molar-refractivity contribution in [2.24, 2.45) is 0 Å². The van der Waals surface area contributed by atoms with Crippen molar-refractivity contribution >= 4 is 21.1 Å². The standard InChI is InChI=1S/C16H21N3O2S/c20-22(21,18-8-3-9-18)19-10-6-13(7-11-19)16-12-14-4-1-2-5-15(14)17-16/h1-2,4-5,12-13,17H,3,6-11H2. The van der Waals surface area contributed by atoms with Crippen LogP contribution in [0.15, 0.2) is 30.3 Å². The van der Waals surface area contributed by atoms with Crippen LogP contribution in [-0.4, -0.2) is 48.2 Å². The maximum Gasteiger partial charge on any atom is 0.281 e. The van der Waals surface area contributed by atoms with Gasteiger partial charge in [0.05, 0.1) is 0 Å². The summed E-state index contributed by atoms with van der Waals surface area (Å²) in [6.45, 7) is 2.62. The summed E-state index contributed by atoms with van der Waals surface area (Å²) in [5.41, 5.74) is 2.40. The van der Waals surface area contributed by atoms with Crippen LogP contribution in [0.1, 0.15) is 30.9 Å². The Bertz CT molecular complexity index is 739. The summed E-state index contributed by atoms with van der Waals surface area (Å²) in [6.07, 6.45) is 2.77. The third kappa shape index (κ3) is 2.35. The molecule has 1 N–H and O–H groups in total. The number of hydrogen-bond donors (Lipinski definition) is 1. The lowest BCUT2D eigenvalue weighted by atomic mass is 9.95. The van der Waals surface area contributed by atoms with E-state index in [2.05, 4.69) is 23.2 Å². The SMILES string of the molecule is O=S(=O)(N1CCC1)N1CCC(c2cc3ccccc3[nH]2)CC1. The average molecular weight is 319 g/mol. The van der Waals surface area contributed by atoms with Crippen molar-refractivity contribution in [2.45, 2.75) is 25.2 Å². The molecular formula is C16H21N3O2S. The summed E-state index contributed by atoms with van der Waals surface area (Å²) in [5, 5.41) is 1.23. The van der Waals surface area contributed by atoms with Crippen molar-refractivity contribution in [3.63, 3.8) is 0 Å². The fraction of sp³-hybridized carbons (Fsp3) is 0.500. The summed E-state index contributed by atoms with van der Waals surface area (Å²) in [4.78, 5) is 3.49. The number of nitrogens with zero attached hydrogens (tertiary/aromatic N) is 2. The first-order valence-corrected chi connectivity index (χ1v) is 9.37. The lowest BCUT2D eigenvalue weighted by Gasteiger charge is -2.38. The van der Waals surface area contributed by atoms with Crippen molar-refractivity contribution in [3.05, 3.63) is 36.0 Å². The maximum absolute atomic E-state index is 12.4. The van der Waals surface area contributed by atoms with Gasteiger partial charge in [0.2, 0.25) is 0 Å². The molecule has 2 aliphatic rings. The average Bonchev–Trinajstić information content (AvgIpc) is 2.89. The molecule has 0 spiro atoms. The van der Waals surface area contributed by atoms with Gasteiger partial charge >= 0.3 is 0 Å². The number of benzene rings is 1. The Balaban J connectivity index is 1.47. The third-order valence-electron chi connectivity index (χ3n) is 4.91. The van der Waals surface area contributed by atoms with Crippen molar-refractivity contribution < 1.29 is 8.42 Å². The molecule has 2 aliphatic heterocycles. The number of hydrogen-bond acceptors (Lipinski definition) is 2. The monoisotopic (exact) mass is 319 g/mol. The highest BCUT2D eigenvalue weighted by molar-refractivity contribution is 7.86. The number of fused-ring (bicyclic) bond motifs is 1. The normalized spacial score (nSPS) is 22.0. The molecule has 6 heteroatoms. The fourth-order valence-electron chi connectivity index (χ4n) is 3.39. The molecule has 1 aromatic carbocycles. The maximum atomic E-state index is 12.4. The quantitative estimate of drug-likeness (QED) is 0.944. The van der Waals surface area contributed by atoms with Gasteiger partial charge in [0.1, 0.15) is 0 Å². The Kier molecular flexibility index (Phi) is 3.47. The van der Waals surface area contributed by atoms with E-state index in [0.29, 0.717) is 32.1 Å². The Morgan fingerprint density at radius 2 is 1.68 bits per heavy atom. The first-order valence-electron chi connectivity index (χ1n) is 7.97. The molecule has 0 unspecified atom stereocenters. The molecule has 2 aromatic rings. The van der Waals surface area contributed by atoms with Gasteiger partial charge in [0, 0.05) is 43.3 Å². The van der Waals surface area contributed by atoms with Gasteiger partial charge in [0.25, 0.3) is 10.2 Å². The molecule has 0 amide bonds. The number of rotatable bonds is 3. The van der Waals surface area contributed by atoms with Crippen molar-refractivity contribution in [1.29, 1.82) is 0 Å². The molecule has 2 fully saturated rings. The summed E-state index contributed by atoms with van der Waals surface area (Å²) < 4.78 is 28.0. The van der Waals surface area contributed by atoms with E-state index in [9.17, 15) is 8.42 Å². The van der Waals surface area contributed by atoms with E-state index in [1.54, 1.807) is 8.61 Å². The van der Waals surface area contributed by atoms with E-state index in [-0.39, 0.29) is 0 Å². The smallest absolute Gasteiger partial charge is 0.281 e. The van der Waals surface area contributed by atoms with Gasteiger partial charge in [0.15, 0.2) is 0 Å². The van der Waals surface area contributed by atoms with Crippen LogP contribution in [0.3, 0.4) is 0 Å². The number of aromatic amines is 1. The largest absolute Gasteiger partial charge is 0.358 e. The van der Waals surface area contributed by atoms with E-state index in [4.69, 9.17) is 0 Å². The van der Waals surface area contributed by atoms with Crippen LogP contribution in [0.25, 0.3) is 10.9 Å².